The highest BCUT2D eigenvalue weighted by molar-refractivity contribution is 5.92. The predicted octanol–water partition coefficient (Wildman–Crippen LogP) is 3.34. The van der Waals surface area contributed by atoms with Crippen LogP contribution in [0.2, 0.25) is 0 Å². The van der Waals surface area contributed by atoms with Gasteiger partial charge in [-0.15, -0.1) is 0 Å². The van der Waals surface area contributed by atoms with Crippen LogP contribution < -0.4 is 16.0 Å². The maximum absolute atomic E-state index is 13.7. The van der Waals surface area contributed by atoms with E-state index in [2.05, 4.69) is 54.8 Å². The second-order valence-corrected chi connectivity index (χ2v) is 14.6. The Hall–Kier alpha value is -2.55. The first kappa shape index (κ1) is 31.4. The van der Waals surface area contributed by atoms with E-state index in [1.807, 2.05) is 20.8 Å². The summed E-state index contributed by atoms with van der Waals surface area (Å²) in [6.45, 7) is 23.8. The van der Waals surface area contributed by atoms with E-state index in [4.69, 9.17) is 0 Å². The molecule has 0 radical (unpaired) electrons. The Kier molecular flexibility index (Phi) is 8.63. The number of piperidine rings is 1. The average Bonchev–Trinajstić information content (AvgIpc) is 3.12. The van der Waals surface area contributed by atoms with Gasteiger partial charge in [0.15, 0.2) is 0 Å². The molecular weight excluding hydrogens is 518 g/mol. The van der Waals surface area contributed by atoms with Crippen molar-refractivity contribution in [2.24, 2.45) is 27.6 Å². The van der Waals surface area contributed by atoms with Gasteiger partial charge < -0.3 is 30.9 Å². The highest BCUT2D eigenvalue weighted by Gasteiger charge is 2.85. The summed E-state index contributed by atoms with van der Waals surface area (Å²) >= 11 is 0. The first-order valence-electron chi connectivity index (χ1n) is 15.5. The number of aliphatic hydroxyl groups is 1. The Bertz CT molecular complexity index is 1070. The molecule has 2 saturated carbocycles. The molecule has 1 unspecified atom stereocenters. The fourth-order valence-corrected chi connectivity index (χ4v) is 8.37. The monoisotopic (exact) mass is 571 g/mol. The number of amides is 3. The molecule has 0 bridgehead atoms. The molecule has 0 aromatic heterocycles. The highest BCUT2D eigenvalue weighted by atomic mass is 16.3. The molecule has 4 N–H and O–H groups in total. The van der Waals surface area contributed by atoms with Gasteiger partial charge in [-0.1, -0.05) is 61.1 Å². The molecule has 2 aliphatic heterocycles. The summed E-state index contributed by atoms with van der Waals surface area (Å²) in [4.78, 5) is 44.5. The van der Waals surface area contributed by atoms with Crippen LogP contribution in [0.4, 0.5) is 0 Å². The molecule has 230 valence electrons. The normalized spacial score (nSPS) is 29.0. The van der Waals surface area contributed by atoms with Crippen molar-refractivity contribution < 1.29 is 19.5 Å². The van der Waals surface area contributed by atoms with Gasteiger partial charge in [-0.2, -0.15) is 0 Å². The summed E-state index contributed by atoms with van der Waals surface area (Å²) in [5.74, 6) is -0.639. The summed E-state index contributed by atoms with van der Waals surface area (Å²) < 4.78 is 0. The van der Waals surface area contributed by atoms with Crippen LogP contribution in [0, 0.1) is 27.6 Å². The summed E-state index contributed by atoms with van der Waals surface area (Å²) in [7, 11) is 0. The molecule has 4 fully saturated rings. The second-order valence-electron chi connectivity index (χ2n) is 14.6. The molecule has 4 rings (SSSR count). The second kappa shape index (κ2) is 11.3. The van der Waals surface area contributed by atoms with Crippen molar-refractivity contribution in [3.63, 3.8) is 0 Å². The molecule has 3 amide bonds. The highest BCUT2D eigenvalue weighted by Crippen LogP contribution is 2.88. The van der Waals surface area contributed by atoms with E-state index in [0.29, 0.717) is 13.0 Å². The number of carbonyl (C=O) groups is 3. The van der Waals surface area contributed by atoms with Gasteiger partial charge in [-0.3, -0.25) is 14.4 Å². The number of hydrogen-bond acceptors (Lipinski definition) is 6. The van der Waals surface area contributed by atoms with Crippen molar-refractivity contribution in [1.29, 1.82) is 0 Å². The van der Waals surface area contributed by atoms with E-state index in [1.54, 1.807) is 4.90 Å². The lowest BCUT2D eigenvalue weighted by Gasteiger charge is -2.37. The minimum Gasteiger partial charge on any atom is -0.511 e. The van der Waals surface area contributed by atoms with Gasteiger partial charge >= 0.3 is 0 Å². The number of aliphatic hydroxyl groups excluding tert-OH is 1. The van der Waals surface area contributed by atoms with Gasteiger partial charge in [0, 0.05) is 30.1 Å². The maximum atomic E-state index is 13.7. The first-order chi connectivity index (χ1) is 19.1. The van der Waals surface area contributed by atoms with Crippen LogP contribution in [0.5, 0.6) is 0 Å². The molecule has 4 atom stereocenters. The van der Waals surface area contributed by atoms with Gasteiger partial charge in [-0.25, -0.2) is 0 Å². The van der Waals surface area contributed by atoms with E-state index < -0.39 is 17.5 Å². The quantitative estimate of drug-likeness (QED) is 0.299. The lowest BCUT2D eigenvalue weighted by molar-refractivity contribution is -0.139. The van der Waals surface area contributed by atoms with Gasteiger partial charge in [0.1, 0.15) is 17.8 Å². The van der Waals surface area contributed by atoms with Crippen molar-refractivity contribution in [3.05, 3.63) is 24.6 Å². The fourth-order valence-electron chi connectivity index (χ4n) is 8.37. The zero-order valence-electron chi connectivity index (χ0n) is 26.2. The van der Waals surface area contributed by atoms with E-state index in [0.717, 1.165) is 51.0 Å². The van der Waals surface area contributed by atoms with Crippen molar-refractivity contribution in [3.8, 4) is 0 Å². The average molecular weight is 572 g/mol. The van der Waals surface area contributed by atoms with Crippen LogP contribution in [-0.2, 0) is 14.4 Å². The first-order valence-corrected chi connectivity index (χ1v) is 15.5. The van der Waals surface area contributed by atoms with Gasteiger partial charge in [0.25, 0.3) is 0 Å². The molecule has 9 nitrogen and oxygen atoms in total. The number of hydrogen-bond donors (Lipinski definition) is 4. The molecule has 4 aliphatic rings. The molecule has 0 aromatic carbocycles. The zero-order chi connectivity index (χ0) is 30.4. The summed E-state index contributed by atoms with van der Waals surface area (Å²) in [5.41, 5.74) is 0.580. The van der Waals surface area contributed by atoms with Crippen LogP contribution in [0.25, 0.3) is 0 Å². The smallest absolute Gasteiger partial charge is 0.243 e. The Morgan fingerprint density at radius 3 is 2.27 bits per heavy atom. The lowest BCUT2D eigenvalue weighted by atomic mass is 9.73. The number of nitrogens with one attached hydrogen (secondary N) is 3. The minimum atomic E-state index is -0.637. The molecule has 2 aliphatic carbocycles. The Labute approximate surface area is 246 Å². The van der Waals surface area contributed by atoms with E-state index in [-0.39, 0.29) is 58.7 Å². The van der Waals surface area contributed by atoms with E-state index in [1.165, 1.54) is 6.42 Å². The van der Waals surface area contributed by atoms with E-state index >= 15 is 0 Å². The van der Waals surface area contributed by atoms with Crippen LogP contribution >= 0.6 is 0 Å². The van der Waals surface area contributed by atoms with Crippen molar-refractivity contribution in [2.75, 3.05) is 39.3 Å². The third-order valence-corrected chi connectivity index (χ3v) is 11.2. The molecule has 2 saturated heterocycles. The maximum Gasteiger partial charge on any atom is 0.243 e. The zero-order valence-corrected chi connectivity index (χ0v) is 26.2. The Morgan fingerprint density at radius 2 is 1.73 bits per heavy atom. The number of rotatable bonds is 10. The molecule has 2 heterocycles. The number of likely N-dealkylation sites (tertiary alicyclic amines) is 2. The van der Waals surface area contributed by atoms with Crippen LogP contribution in [0.1, 0.15) is 80.1 Å². The summed E-state index contributed by atoms with van der Waals surface area (Å²) in [6.07, 6.45) is 6.18. The third kappa shape index (κ3) is 5.51. The molecule has 9 heteroatoms. The number of fused-ring (bicyclic) bond motifs is 1. The summed E-state index contributed by atoms with van der Waals surface area (Å²) in [5, 5.41) is 18.6. The minimum absolute atomic E-state index is 0.0454. The van der Waals surface area contributed by atoms with Crippen LogP contribution in [-0.4, -0.2) is 84.0 Å². The fraction of sp³-hybridized carbons (Fsp3) is 0.781. The predicted molar refractivity (Wildman–Crippen MR) is 161 cm³/mol. The van der Waals surface area contributed by atoms with Gasteiger partial charge in [0.05, 0.1) is 13.1 Å². The Balaban J connectivity index is 1.43. The molecular formula is C32H53N5O4. The number of nitrogens with zero attached hydrogens (tertiary/aromatic N) is 2. The Morgan fingerprint density at radius 1 is 1.05 bits per heavy atom. The largest absolute Gasteiger partial charge is 0.511 e. The van der Waals surface area contributed by atoms with Gasteiger partial charge in [-0.05, 0) is 61.4 Å². The molecule has 0 aromatic rings. The van der Waals surface area contributed by atoms with Crippen molar-refractivity contribution in [2.45, 2.75) is 92.2 Å². The van der Waals surface area contributed by atoms with Crippen LogP contribution in [0.15, 0.2) is 24.6 Å². The third-order valence-electron chi connectivity index (χ3n) is 11.2. The summed E-state index contributed by atoms with van der Waals surface area (Å²) in [6, 6.07) is -1.19. The number of carbonyl (C=O) groups excluding carboxylic acids is 3. The topological polar surface area (TPSA) is 114 Å². The SMILES string of the molecule is C=C(O)CNC(=O)[C@@H]1CC2(CN1C(=O)CNC(=O)[C@@H](NC(=C)[C@H]1CCCN(CC)C1)C(C)(C)C)C(C)(C)C21CCC1. The molecule has 41 heavy (non-hydrogen) atoms. The van der Waals surface area contributed by atoms with Crippen LogP contribution in [0.3, 0.4) is 0 Å². The lowest BCUT2D eigenvalue weighted by Crippen LogP contribution is -2.55. The molecule has 2 spiro atoms. The van der Waals surface area contributed by atoms with E-state index in [9.17, 15) is 19.5 Å². The standard InChI is InChI=1S/C32H53N5O4/c1-9-36-15-10-12-23(19-36)22(3)35-26(29(4,5)6)28(41)34-18-25(39)37-20-32(30(7,8)31(32)13-11-14-31)16-24(37)27(40)33-17-21(2)38/h23-24,26,35,38H,2-3,9-20H2,1,4-8H3,(H,33,40)(H,34,41)/t23-,24-,26+,32?/m0/s1. The van der Waals surface area contributed by atoms with Crippen molar-refractivity contribution in [1.82, 2.24) is 25.8 Å². The van der Waals surface area contributed by atoms with Gasteiger partial charge in [0.2, 0.25) is 17.7 Å². The van der Waals surface area contributed by atoms with Crippen molar-refractivity contribution >= 4 is 17.7 Å².